The first-order valence-corrected chi connectivity index (χ1v) is 4.98. The van der Waals surface area contributed by atoms with E-state index in [0.29, 0.717) is 15.3 Å². The van der Waals surface area contributed by atoms with Crippen molar-refractivity contribution in [1.29, 1.82) is 0 Å². The number of halogens is 2. The summed E-state index contributed by atoms with van der Waals surface area (Å²) in [6.07, 6.45) is -2.43. The summed E-state index contributed by atoms with van der Waals surface area (Å²) in [5, 5.41) is 1.38. The Kier molecular flexibility index (Phi) is 2.15. The molecule has 2 N–H and O–H groups in total. The molecule has 0 aliphatic rings. The highest BCUT2D eigenvalue weighted by Crippen LogP contribution is 2.37. The van der Waals surface area contributed by atoms with Gasteiger partial charge in [-0.25, -0.2) is 8.78 Å². The number of anilines is 1. The molecule has 1 aromatic heterocycles. The van der Waals surface area contributed by atoms with Crippen molar-refractivity contribution in [1.82, 2.24) is 0 Å². The maximum Gasteiger partial charge on any atom is 0.265 e. The van der Waals surface area contributed by atoms with E-state index in [1.54, 1.807) is 19.1 Å². The number of hydrogen-bond acceptors (Lipinski definition) is 2. The lowest BCUT2D eigenvalue weighted by molar-refractivity contribution is 0.152. The molecule has 0 bridgehead atoms. The molecule has 0 amide bonds. The van der Waals surface area contributed by atoms with Crippen molar-refractivity contribution >= 4 is 26.4 Å². The monoisotopic (exact) mass is 213 g/mol. The Labute approximate surface area is 84.2 Å². The van der Waals surface area contributed by atoms with Crippen molar-refractivity contribution in [3.8, 4) is 0 Å². The summed E-state index contributed by atoms with van der Waals surface area (Å²) in [7, 11) is 0. The predicted molar refractivity (Wildman–Crippen MR) is 55.9 cm³/mol. The van der Waals surface area contributed by atoms with Gasteiger partial charge in [0, 0.05) is 10.3 Å². The van der Waals surface area contributed by atoms with Crippen LogP contribution in [0, 0.1) is 6.92 Å². The molecule has 1 aromatic carbocycles. The van der Waals surface area contributed by atoms with Gasteiger partial charge in [0.2, 0.25) is 0 Å². The van der Waals surface area contributed by atoms with Crippen LogP contribution in [0.15, 0.2) is 18.2 Å². The van der Waals surface area contributed by atoms with Crippen LogP contribution in [0.4, 0.5) is 13.8 Å². The van der Waals surface area contributed by atoms with Gasteiger partial charge in [-0.1, -0.05) is 12.1 Å². The van der Waals surface area contributed by atoms with E-state index >= 15 is 0 Å². The maximum absolute atomic E-state index is 12.7. The lowest BCUT2D eigenvalue weighted by Crippen LogP contribution is -1.88. The third-order valence-corrected chi connectivity index (χ3v) is 3.19. The predicted octanol–water partition coefficient (Wildman–Crippen LogP) is 3.73. The Balaban J connectivity index is 2.82. The molecule has 0 saturated carbocycles. The second kappa shape index (κ2) is 3.20. The molecule has 0 unspecified atom stereocenters. The summed E-state index contributed by atoms with van der Waals surface area (Å²) >= 11 is 1.22. The van der Waals surface area contributed by atoms with Crippen LogP contribution in [-0.4, -0.2) is 0 Å². The van der Waals surface area contributed by atoms with E-state index in [9.17, 15) is 8.78 Å². The molecule has 4 heteroatoms. The summed E-state index contributed by atoms with van der Waals surface area (Å²) in [5.74, 6) is 0. The number of nitrogens with two attached hydrogens (primary N) is 1. The first-order chi connectivity index (χ1) is 6.59. The molecule has 74 valence electrons. The molecule has 0 aliphatic heterocycles. The molecule has 0 atom stereocenters. The number of benzene rings is 1. The fourth-order valence-electron chi connectivity index (χ4n) is 1.51. The number of hydrogen-bond donors (Lipinski definition) is 1. The molecule has 0 spiro atoms. The van der Waals surface area contributed by atoms with Gasteiger partial charge in [0.05, 0.1) is 5.00 Å². The molecule has 0 fully saturated rings. The van der Waals surface area contributed by atoms with E-state index in [1.165, 1.54) is 11.3 Å². The van der Waals surface area contributed by atoms with Gasteiger partial charge in [0.25, 0.3) is 6.43 Å². The maximum atomic E-state index is 12.7. The van der Waals surface area contributed by atoms with Gasteiger partial charge in [0.1, 0.15) is 0 Å². The summed E-state index contributed by atoms with van der Waals surface area (Å²) in [4.78, 5) is 0. The zero-order valence-electron chi connectivity index (χ0n) is 7.55. The zero-order valence-corrected chi connectivity index (χ0v) is 8.37. The standard InChI is InChI=1S/C10H9F2NS/c1-5-2-3-6-4-7(13)14-9(6)8(5)10(11)12/h2-4,10H,13H2,1H3. The first kappa shape index (κ1) is 9.40. The number of alkyl halides is 2. The van der Waals surface area contributed by atoms with Crippen LogP contribution >= 0.6 is 11.3 Å². The summed E-state index contributed by atoms with van der Waals surface area (Å²) in [6, 6.07) is 5.25. The van der Waals surface area contributed by atoms with Gasteiger partial charge in [-0.05, 0) is 23.9 Å². The fraction of sp³-hybridized carbons (Fsp3) is 0.200. The third-order valence-electron chi connectivity index (χ3n) is 2.18. The Bertz CT molecular complexity index is 476. The van der Waals surface area contributed by atoms with Crippen LogP contribution in [0.5, 0.6) is 0 Å². The molecule has 0 radical (unpaired) electrons. The van der Waals surface area contributed by atoms with Gasteiger partial charge in [-0.15, -0.1) is 11.3 Å². The Hall–Kier alpha value is -1.16. The third kappa shape index (κ3) is 1.35. The largest absolute Gasteiger partial charge is 0.391 e. The summed E-state index contributed by atoms with van der Waals surface area (Å²) in [5.41, 5.74) is 6.32. The van der Waals surface area contributed by atoms with Crippen molar-refractivity contribution < 1.29 is 8.78 Å². The van der Waals surface area contributed by atoms with E-state index in [-0.39, 0.29) is 5.56 Å². The van der Waals surface area contributed by atoms with Gasteiger partial charge < -0.3 is 5.73 Å². The van der Waals surface area contributed by atoms with Crippen molar-refractivity contribution in [2.24, 2.45) is 0 Å². The van der Waals surface area contributed by atoms with Gasteiger partial charge in [-0.2, -0.15) is 0 Å². The molecular formula is C10H9F2NS. The van der Waals surface area contributed by atoms with Crippen LogP contribution < -0.4 is 5.73 Å². The lowest BCUT2D eigenvalue weighted by Gasteiger charge is -2.05. The van der Waals surface area contributed by atoms with Crippen LogP contribution in [0.2, 0.25) is 0 Å². The molecule has 1 heterocycles. The number of nitrogen functional groups attached to an aromatic ring is 1. The highest BCUT2D eigenvalue weighted by Gasteiger charge is 2.16. The molecule has 0 saturated heterocycles. The minimum absolute atomic E-state index is 0.115. The number of rotatable bonds is 1. The average molecular weight is 213 g/mol. The van der Waals surface area contributed by atoms with Crippen molar-refractivity contribution in [3.05, 3.63) is 29.3 Å². The minimum atomic E-state index is -2.43. The number of aryl methyl sites for hydroxylation is 1. The quantitative estimate of drug-likeness (QED) is 0.767. The van der Waals surface area contributed by atoms with Crippen molar-refractivity contribution in [2.45, 2.75) is 13.3 Å². The van der Waals surface area contributed by atoms with E-state index in [1.807, 2.05) is 6.07 Å². The Morgan fingerprint density at radius 2 is 2.07 bits per heavy atom. The van der Waals surface area contributed by atoms with E-state index < -0.39 is 6.43 Å². The summed E-state index contributed by atoms with van der Waals surface area (Å²) in [6.45, 7) is 1.69. The van der Waals surface area contributed by atoms with E-state index in [2.05, 4.69) is 0 Å². The van der Waals surface area contributed by atoms with Crippen LogP contribution in [0.3, 0.4) is 0 Å². The molecule has 2 rings (SSSR count). The Morgan fingerprint density at radius 3 is 2.71 bits per heavy atom. The highest BCUT2D eigenvalue weighted by molar-refractivity contribution is 7.22. The Morgan fingerprint density at radius 1 is 1.36 bits per heavy atom. The smallest absolute Gasteiger partial charge is 0.265 e. The fourth-order valence-corrected chi connectivity index (χ4v) is 2.54. The normalized spacial score (nSPS) is 11.4. The van der Waals surface area contributed by atoms with Gasteiger partial charge in [0.15, 0.2) is 0 Å². The lowest BCUT2D eigenvalue weighted by atomic mass is 10.1. The van der Waals surface area contributed by atoms with E-state index in [0.717, 1.165) is 5.39 Å². The topological polar surface area (TPSA) is 26.0 Å². The van der Waals surface area contributed by atoms with Crippen LogP contribution in [0.1, 0.15) is 17.6 Å². The van der Waals surface area contributed by atoms with Crippen LogP contribution in [0.25, 0.3) is 10.1 Å². The first-order valence-electron chi connectivity index (χ1n) is 4.16. The average Bonchev–Trinajstić information content (AvgIpc) is 2.43. The van der Waals surface area contributed by atoms with Gasteiger partial charge >= 0.3 is 0 Å². The van der Waals surface area contributed by atoms with Crippen LogP contribution in [-0.2, 0) is 0 Å². The molecular weight excluding hydrogens is 204 g/mol. The van der Waals surface area contributed by atoms with Gasteiger partial charge in [-0.3, -0.25) is 0 Å². The highest BCUT2D eigenvalue weighted by atomic mass is 32.1. The summed E-state index contributed by atoms with van der Waals surface area (Å²) < 4.78 is 26.1. The van der Waals surface area contributed by atoms with Crippen molar-refractivity contribution in [2.75, 3.05) is 5.73 Å². The minimum Gasteiger partial charge on any atom is -0.391 e. The SMILES string of the molecule is Cc1ccc2cc(N)sc2c1C(F)F. The molecule has 1 nitrogen and oxygen atoms in total. The molecule has 2 aromatic rings. The molecule has 14 heavy (non-hydrogen) atoms. The second-order valence-electron chi connectivity index (χ2n) is 3.16. The number of thiophene rings is 1. The molecule has 0 aliphatic carbocycles. The van der Waals surface area contributed by atoms with Crippen molar-refractivity contribution in [3.63, 3.8) is 0 Å². The number of fused-ring (bicyclic) bond motifs is 1. The van der Waals surface area contributed by atoms with E-state index in [4.69, 9.17) is 5.73 Å². The second-order valence-corrected chi connectivity index (χ2v) is 4.25. The zero-order chi connectivity index (χ0) is 10.3.